The van der Waals surface area contributed by atoms with E-state index in [1.807, 2.05) is 0 Å². The molecule has 0 saturated carbocycles. The Hall–Kier alpha value is -1.95. The number of hydrogen-bond donors (Lipinski definition) is 0. The summed E-state index contributed by atoms with van der Waals surface area (Å²) >= 11 is 3.23. The molecule has 0 heterocycles. The summed E-state index contributed by atoms with van der Waals surface area (Å²) in [6, 6.07) is 9.60. The highest BCUT2D eigenvalue weighted by molar-refractivity contribution is 9.10. The predicted molar refractivity (Wildman–Crippen MR) is 67.3 cm³/mol. The van der Waals surface area contributed by atoms with E-state index in [2.05, 4.69) is 15.9 Å². The van der Waals surface area contributed by atoms with Crippen molar-refractivity contribution in [1.29, 1.82) is 0 Å². The van der Waals surface area contributed by atoms with Gasteiger partial charge in [0.05, 0.1) is 9.40 Å². The second-order valence-electron chi connectivity index (χ2n) is 3.43. The van der Waals surface area contributed by atoms with Crippen LogP contribution in [0, 0.1) is 15.9 Å². The summed E-state index contributed by atoms with van der Waals surface area (Å²) in [6.07, 6.45) is 0. The van der Waals surface area contributed by atoms with Crippen molar-refractivity contribution in [2.75, 3.05) is 0 Å². The molecule has 0 saturated heterocycles. The molecule has 2 aromatic rings. The second-order valence-corrected chi connectivity index (χ2v) is 4.28. The molecule has 6 heteroatoms. The molecule has 0 atom stereocenters. The van der Waals surface area contributed by atoms with Crippen LogP contribution in [0.4, 0.5) is 10.1 Å². The average molecular weight is 312 g/mol. The molecule has 0 bridgehead atoms. The zero-order valence-electron chi connectivity index (χ0n) is 8.97. The van der Waals surface area contributed by atoms with E-state index < -0.39 is 10.7 Å². The van der Waals surface area contributed by atoms with E-state index in [4.69, 9.17) is 4.74 Å². The van der Waals surface area contributed by atoms with E-state index in [0.29, 0.717) is 16.0 Å². The maximum absolute atomic E-state index is 13.0. The first-order valence-corrected chi connectivity index (χ1v) is 5.73. The molecule has 0 aliphatic rings. The van der Waals surface area contributed by atoms with Gasteiger partial charge < -0.3 is 4.74 Å². The second kappa shape index (κ2) is 5.14. The van der Waals surface area contributed by atoms with Gasteiger partial charge in [-0.15, -0.1) is 0 Å². The average Bonchev–Trinajstić information content (AvgIpc) is 2.34. The van der Waals surface area contributed by atoms with E-state index in [1.54, 1.807) is 0 Å². The first-order chi connectivity index (χ1) is 8.56. The highest BCUT2D eigenvalue weighted by Gasteiger charge is 2.07. The maximum atomic E-state index is 13.0. The lowest BCUT2D eigenvalue weighted by Crippen LogP contribution is -1.89. The number of rotatable bonds is 3. The summed E-state index contributed by atoms with van der Waals surface area (Å²) in [4.78, 5) is 9.98. The van der Waals surface area contributed by atoms with Crippen LogP contribution in [0.5, 0.6) is 11.5 Å². The van der Waals surface area contributed by atoms with E-state index in [9.17, 15) is 14.5 Å². The monoisotopic (exact) mass is 311 g/mol. The minimum atomic E-state index is -0.498. The van der Waals surface area contributed by atoms with Crippen LogP contribution in [0.15, 0.2) is 46.9 Å². The fraction of sp³-hybridized carbons (Fsp3) is 0. The van der Waals surface area contributed by atoms with Crippen LogP contribution in [-0.4, -0.2) is 4.92 Å². The molecule has 0 aromatic heterocycles. The van der Waals surface area contributed by atoms with Gasteiger partial charge in [-0.1, -0.05) is 0 Å². The summed E-state index contributed by atoms with van der Waals surface area (Å²) in [5.41, 5.74) is -0.0272. The third kappa shape index (κ3) is 2.84. The number of non-ortho nitro benzene ring substituents is 1. The van der Waals surface area contributed by atoms with Gasteiger partial charge in [-0.05, 0) is 40.2 Å². The Morgan fingerprint density at radius 1 is 1.17 bits per heavy atom. The Morgan fingerprint density at radius 2 is 1.83 bits per heavy atom. The number of halogens is 2. The van der Waals surface area contributed by atoms with E-state index >= 15 is 0 Å². The van der Waals surface area contributed by atoms with Crippen molar-refractivity contribution in [1.82, 2.24) is 0 Å². The van der Waals surface area contributed by atoms with Crippen molar-refractivity contribution in [2.45, 2.75) is 0 Å². The predicted octanol–water partition coefficient (Wildman–Crippen LogP) is 4.29. The third-order valence-electron chi connectivity index (χ3n) is 2.17. The number of benzene rings is 2. The third-order valence-corrected chi connectivity index (χ3v) is 2.82. The van der Waals surface area contributed by atoms with Crippen LogP contribution in [0.2, 0.25) is 0 Å². The molecule has 0 radical (unpaired) electrons. The van der Waals surface area contributed by atoms with Gasteiger partial charge in [0, 0.05) is 18.2 Å². The number of hydrogen-bond acceptors (Lipinski definition) is 3. The molecular weight excluding hydrogens is 305 g/mol. The number of nitrogens with zero attached hydrogens (tertiary/aromatic N) is 1. The summed E-state index contributed by atoms with van der Waals surface area (Å²) in [6.45, 7) is 0. The fourth-order valence-corrected chi connectivity index (χ4v) is 1.65. The number of nitro groups is 1. The molecule has 18 heavy (non-hydrogen) atoms. The van der Waals surface area contributed by atoms with Gasteiger partial charge in [-0.25, -0.2) is 4.39 Å². The van der Waals surface area contributed by atoms with Crippen molar-refractivity contribution in [3.63, 3.8) is 0 Å². The van der Waals surface area contributed by atoms with Gasteiger partial charge in [-0.2, -0.15) is 0 Å². The van der Waals surface area contributed by atoms with E-state index in [0.717, 1.165) is 0 Å². The molecule has 2 rings (SSSR count). The lowest BCUT2D eigenvalue weighted by atomic mass is 10.3. The Morgan fingerprint density at radius 3 is 2.44 bits per heavy atom. The lowest BCUT2D eigenvalue weighted by molar-refractivity contribution is -0.384. The van der Waals surface area contributed by atoms with Crippen LogP contribution < -0.4 is 4.74 Å². The first-order valence-electron chi connectivity index (χ1n) is 4.93. The molecule has 92 valence electrons. The minimum Gasteiger partial charge on any atom is -0.456 e. The van der Waals surface area contributed by atoms with Crippen LogP contribution in [0.3, 0.4) is 0 Å². The Bertz CT molecular complexity index is 586. The fourth-order valence-electron chi connectivity index (χ4n) is 1.32. The SMILES string of the molecule is O=[N+]([O-])c1ccc(Oc2cc(F)ccc2Br)cc1. The van der Waals surface area contributed by atoms with Crippen LogP contribution in [-0.2, 0) is 0 Å². The van der Waals surface area contributed by atoms with Crippen molar-refractivity contribution < 1.29 is 14.1 Å². The van der Waals surface area contributed by atoms with Crippen molar-refractivity contribution in [2.24, 2.45) is 0 Å². The molecule has 2 aromatic carbocycles. The summed E-state index contributed by atoms with van der Waals surface area (Å²) in [5, 5.41) is 10.5. The zero-order valence-corrected chi connectivity index (χ0v) is 10.6. The quantitative estimate of drug-likeness (QED) is 0.627. The normalized spacial score (nSPS) is 10.1. The van der Waals surface area contributed by atoms with E-state index in [1.165, 1.54) is 42.5 Å². The van der Waals surface area contributed by atoms with E-state index in [-0.39, 0.29) is 5.69 Å². The van der Waals surface area contributed by atoms with Gasteiger partial charge in [0.15, 0.2) is 0 Å². The molecule has 4 nitrogen and oxygen atoms in total. The number of nitro benzene ring substituents is 1. The van der Waals surface area contributed by atoms with Crippen LogP contribution in [0.1, 0.15) is 0 Å². The molecule has 0 amide bonds. The molecule has 0 aliphatic carbocycles. The summed E-state index contributed by atoms with van der Waals surface area (Å²) in [7, 11) is 0. The highest BCUT2D eigenvalue weighted by atomic mass is 79.9. The Labute approximate surface area is 110 Å². The molecular formula is C12H7BrFNO3. The summed E-state index contributed by atoms with van der Waals surface area (Å²) < 4.78 is 19.0. The van der Waals surface area contributed by atoms with Crippen LogP contribution >= 0.6 is 15.9 Å². The van der Waals surface area contributed by atoms with Crippen molar-refractivity contribution in [3.05, 3.63) is 62.9 Å². The smallest absolute Gasteiger partial charge is 0.269 e. The Balaban J connectivity index is 2.23. The lowest BCUT2D eigenvalue weighted by Gasteiger charge is -2.07. The Kier molecular flexibility index (Phi) is 3.57. The zero-order chi connectivity index (χ0) is 13.1. The summed E-state index contributed by atoms with van der Waals surface area (Å²) in [5.74, 6) is 0.283. The number of ether oxygens (including phenoxy) is 1. The van der Waals surface area contributed by atoms with Gasteiger partial charge in [-0.3, -0.25) is 10.1 Å². The van der Waals surface area contributed by atoms with Gasteiger partial charge in [0.2, 0.25) is 0 Å². The first kappa shape index (κ1) is 12.5. The minimum absolute atomic E-state index is 0.0272. The molecule has 0 unspecified atom stereocenters. The molecule has 0 aliphatic heterocycles. The largest absolute Gasteiger partial charge is 0.456 e. The van der Waals surface area contributed by atoms with Crippen molar-refractivity contribution >= 4 is 21.6 Å². The van der Waals surface area contributed by atoms with Crippen LogP contribution in [0.25, 0.3) is 0 Å². The standard InChI is InChI=1S/C12H7BrFNO3/c13-11-6-1-8(14)7-12(11)18-10-4-2-9(3-5-10)15(16)17/h1-7H. The van der Waals surface area contributed by atoms with Gasteiger partial charge >= 0.3 is 0 Å². The maximum Gasteiger partial charge on any atom is 0.269 e. The molecule has 0 fully saturated rings. The van der Waals surface area contributed by atoms with Gasteiger partial charge in [0.1, 0.15) is 17.3 Å². The topological polar surface area (TPSA) is 52.4 Å². The van der Waals surface area contributed by atoms with Crippen molar-refractivity contribution in [3.8, 4) is 11.5 Å². The molecule has 0 N–H and O–H groups in total. The highest BCUT2D eigenvalue weighted by Crippen LogP contribution is 2.30. The van der Waals surface area contributed by atoms with Gasteiger partial charge in [0.25, 0.3) is 5.69 Å². The molecule has 0 spiro atoms.